The Morgan fingerprint density at radius 3 is 1.48 bits per heavy atom. The maximum atomic E-state index is 13.2. The zero-order valence-electron chi connectivity index (χ0n) is 40.7. The van der Waals surface area contributed by atoms with E-state index in [-0.39, 0.29) is 6.42 Å². The molecular formula is C51H95NO12S. The van der Waals surface area contributed by atoms with Crippen LogP contribution < -0.4 is 5.32 Å². The predicted molar refractivity (Wildman–Crippen MR) is 261 cm³/mol. The third-order valence-electron chi connectivity index (χ3n) is 12.3. The third kappa shape index (κ3) is 33.4. The fourth-order valence-corrected chi connectivity index (χ4v) is 8.65. The Bertz CT molecular complexity index is 1310. The smallest absolute Gasteiger partial charge is 0.394 e. The van der Waals surface area contributed by atoms with Crippen LogP contribution in [-0.4, -0.2) is 107 Å². The van der Waals surface area contributed by atoms with E-state index in [0.717, 1.165) is 44.9 Å². The lowest BCUT2D eigenvalue weighted by molar-refractivity contribution is -0.298. The lowest BCUT2D eigenvalue weighted by Gasteiger charge is -2.41. The Kier molecular flexibility index (Phi) is 38.9. The average Bonchev–Trinajstić information content (AvgIpc) is 3.28. The van der Waals surface area contributed by atoms with Crippen LogP contribution in [0.4, 0.5) is 0 Å². The van der Waals surface area contributed by atoms with Crippen molar-refractivity contribution >= 4 is 16.3 Å². The molecule has 0 aromatic heterocycles. The number of aliphatic hydroxyl groups excluding tert-OH is 5. The Hall–Kier alpha value is -1.72. The molecule has 7 N–H and O–H groups in total. The molecule has 1 amide bonds. The zero-order valence-corrected chi connectivity index (χ0v) is 41.5. The summed E-state index contributed by atoms with van der Waals surface area (Å²) in [6, 6.07) is -1.14. The highest BCUT2D eigenvalue weighted by Crippen LogP contribution is 2.26. The Labute approximate surface area is 395 Å². The van der Waals surface area contributed by atoms with Gasteiger partial charge in [0.1, 0.15) is 30.5 Å². The van der Waals surface area contributed by atoms with Gasteiger partial charge < -0.3 is 40.3 Å². The summed E-state index contributed by atoms with van der Waals surface area (Å²) in [5.41, 5.74) is 0. The van der Waals surface area contributed by atoms with E-state index in [1.807, 2.05) is 0 Å². The second-order valence-corrected chi connectivity index (χ2v) is 19.3. The van der Waals surface area contributed by atoms with Crippen LogP contribution in [0.5, 0.6) is 0 Å². The minimum absolute atomic E-state index is 0.237. The van der Waals surface area contributed by atoms with E-state index in [1.54, 1.807) is 6.08 Å². The van der Waals surface area contributed by atoms with Gasteiger partial charge >= 0.3 is 10.4 Å². The van der Waals surface area contributed by atoms with Gasteiger partial charge in [0.05, 0.1) is 25.4 Å². The van der Waals surface area contributed by atoms with Gasteiger partial charge in [0, 0.05) is 0 Å². The van der Waals surface area contributed by atoms with Crippen LogP contribution in [0.15, 0.2) is 36.5 Å². The number of aliphatic hydroxyl groups is 5. The highest BCUT2D eigenvalue weighted by Gasteiger charge is 2.48. The Balaban J connectivity index is 2.54. The first kappa shape index (κ1) is 61.3. The van der Waals surface area contributed by atoms with Crippen LogP contribution in [0.3, 0.4) is 0 Å². The van der Waals surface area contributed by atoms with E-state index in [4.69, 9.17) is 9.47 Å². The summed E-state index contributed by atoms with van der Waals surface area (Å²) < 4.78 is 47.6. The van der Waals surface area contributed by atoms with E-state index in [1.165, 1.54) is 147 Å². The molecule has 8 atom stereocenters. The number of ether oxygens (including phenoxy) is 2. The van der Waals surface area contributed by atoms with Crippen LogP contribution in [-0.2, 0) is 28.9 Å². The average molecular weight is 946 g/mol. The molecular weight excluding hydrogens is 851 g/mol. The molecule has 0 spiro atoms. The number of hydrogen-bond acceptors (Lipinski definition) is 11. The lowest BCUT2D eigenvalue weighted by Crippen LogP contribution is -2.61. The molecule has 14 heteroatoms. The molecule has 0 aromatic rings. The summed E-state index contributed by atoms with van der Waals surface area (Å²) >= 11 is 0. The first-order valence-electron chi connectivity index (χ1n) is 26.0. The lowest BCUT2D eigenvalue weighted by atomic mass is 9.99. The van der Waals surface area contributed by atoms with Gasteiger partial charge in [-0.25, -0.2) is 4.18 Å². The number of hydrogen-bond donors (Lipinski definition) is 7. The van der Waals surface area contributed by atoms with Crippen LogP contribution in [0, 0.1) is 0 Å². The number of rotatable bonds is 44. The number of nitrogens with one attached hydrogen (secondary N) is 1. The monoisotopic (exact) mass is 946 g/mol. The molecule has 1 aliphatic rings. The highest BCUT2D eigenvalue weighted by atomic mass is 32.3. The topological polar surface area (TPSA) is 212 Å². The molecule has 1 fully saturated rings. The van der Waals surface area contributed by atoms with Crippen LogP contribution in [0.25, 0.3) is 0 Å². The van der Waals surface area contributed by atoms with E-state index in [2.05, 4.69) is 47.7 Å². The molecule has 13 nitrogen and oxygen atoms in total. The van der Waals surface area contributed by atoms with Crippen molar-refractivity contribution in [3.63, 3.8) is 0 Å². The molecule has 0 saturated carbocycles. The van der Waals surface area contributed by atoms with Gasteiger partial charge in [-0.1, -0.05) is 211 Å². The van der Waals surface area contributed by atoms with E-state index in [9.17, 15) is 43.3 Å². The van der Waals surface area contributed by atoms with Gasteiger partial charge in [-0.05, 0) is 44.9 Å². The number of unbranched alkanes of at least 4 members (excludes halogenated alkanes) is 27. The molecule has 0 radical (unpaired) electrons. The van der Waals surface area contributed by atoms with Crippen LogP contribution >= 0.6 is 0 Å². The van der Waals surface area contributed by atoms with Gasteiger partial charge in [0.15, 0.2) is 6.29 Å². The van der Waals surface area contributed by atoms with Crippen LogP contribution in [0.1, 0.15) is 219 Å². The summed E-state index contributed by atoms with van der Waals surface area (Å²) in [6.07, 6.45) is 37.9. The van der Waals surface area contributed by atoms with Crippen molar-refractivity contribution in [2.75, 3.05) is 13.2 Å². The molecule has 8 unspecified atom stereocenters. The van der Waals surface area contributed by atoms with E-state index < -0.39 is 78.5 Å². The van der Waals surface area contributed by atoms with E-state index in [0.29, 0.717) is 12.8 Å². The van der Waals surface area contributed by atoms with E-state index >= 15 is 0 Å². The van der Waals surface area contributed by atoms with Gasteiger partial charge in [-0.3, -0.25) is 9.35 Å². The summed E-state index contributed by atoms with van der Waals surface area (Å²) in [5.74, 6) is -0.714. The molecule has 0 bridgehead atoms. The first-order valence-corrected chi connectivity index (χ1v) is 27.3. The van der Waals surface area contributed by atoms with Crippen molar-refractivity contribution in [3.05, 3.63) is 36.5 Å². The first-order chi connectivity index (χ1) is 31.4. The second-order valence-electron chi connectivity index (χ2n) is 18.2. The molecule has 1 rings (SSSR count). The number of amides is 1. The normalized spacial score (nSPS) is 20.9. The Morgan fingerprint density at radius 2 is 1.03 bits per heavy atom. The summed E-state index contributed by atoms with van der Waals surface area (Å²) in [4.78, 5) is 13.2. The Morgan fingerprint density at radius 1 is 0.615 bits per heavy atom. The highest BCUT2D eigenvalue weighted by molar-refractivity contribution is 7.80. The third-order valence-corrected chi connectivity index (χ3v) is 12.7. The van der Waals surface area contributed by atoms with Gasteiger partial charge in [0.2, 0.25) is 5.91 Å². The van der Waals surface area contributed by atoms with Crippen molar-refractivity contribution in [1.82, 2.24) is 5.32 Å². The van der Waals surface area contributed by atoms with Crippen molar-refractivity contribution < 1.29 is 57.0 Å². The second kappa shape index (κ2) is 41.3. The molecule has 65 heavy (non-hydrogen) atoms. The fourth-order valence-electron chi connectivity index (χ4n) is 8.14. The predicted octanol–water partition coefficient (Wildman–Crippen LogP) is 10.0. The molecule has 1 saturated heterocycles. The zero-order chi connectivity index (χ0) is 47.8. The standard InChI is InChI=1S/C51H95NO12S/c1-3-5-7-9-11-13-15-17-19-21-22-24-26-28-30-32-34-36-38-40-45(55)50(58)52-43(42-62-51-48(57)49(64-65(59,60)61)47(56)46(41-53)63-51)44(54)39-37-35-33-31-29-27-25-23-20-18-16-14-12-10-8-6-4-2/h20,23,29,31,37,39,43-49,51,53-57H,3-19,21-22,24-28,30,32-36,38,40-42H2,1-2H3,(H,52,58)(H,59,60,61)/b23-20+,31-29+,39-37+. The van der Waals surface area contributed by atoms with Crippen molar-refractivity contribution in [2.45, 2.75) is 268 Å². The summed E-state index contributed by atoms with van der Waals surface area (Å²) in [6.45, 7) is 3.21. The van der Waals surface area contributed by atoms with Crippen molar-refractivity contribution in [1.29, 1.82) is 0 Å². The molecule has 0 aromatic carbocycles. The van der Waals surface area contributed by atoms with Crippen molar-refractivity contribution in [2.24, 2.45) is 0 Å². The van der Waals surface area contributed by atoms with Crippen LogP contribution in [0.2, 0.25) is 0 Å². The van der Waals surface area contributed by atoms with Gasteiger partial charge in [-0.15, -0.1) is 0 Å². The maximum absolute atomic E-state index is 13.2. The maximum Gasteiger partial charge on any atom is 0.397 e. The fraction of sp³-hybridized carbons (Fsp3) is 0.863. The molecule has 1 heterocycles. The van der Waals surface area contributed by atoms with Gasteiger partial charge in [-0.2, -0.15) is 8.42 Å². The van der Waals surface area contributed by atoms with Crippen molar-refractivity contribution in [3.8, 4) is 0 Å². The largest absolute Gasteiger partial charge is 0.397 e. The minimum Gasteiger partial charge on any atom is -0.394 e. The minimum atomic E-state index is -5.13. The summed E-state index contributed by atoms with van der Waals surface area (Å²) in [5, 5.41) is 55.3. The number of carbonyl (C=O) groups excluding carboxylic acids is 1. The molecule has 382 valence electrons. The molecule has 1 aliphatic heterocycles. The quantitative estimate of drug-likeness (QED) is 0.0173. The SMILES string of the molecule is CCCCCCCCC/C=C/CC/C=C/CC/C=C/C(O)C(COC1OC(CO)C(O)C(OS(=O)(=O)O)C1O)NC(=O)C(O)CCCCCCCCCCCCCCCCCCCCC. The van der Waals surface area contributed by atoms with Gasteiger partial charge in [0.25, 0.3) is 0 Å². The summed E-state index contributed by atoms with van der Waals surface area (Å²) in [7, 11) is -5.13. The number of carbonyl (C=O) groups is 1. The molecule has 0 aliphatic carbocycles. The number of allylic oxidation sites excluding steroid dienone is 5.